The van der Waals surface area contributed by atoms with Crippen LogP contribution in [0.25, 0.3) is 0 Å². The van der Waals surface area contributed by atoms with Crippen LogP contribution in [0.2, 0.25) is 0 Å². The Labute approximate surface area is 136 Å². The van der Waals surface area contributed by atoms with Crippen LogP contribution in [-0.2, 0) is 16.6 Å². The third kappa shape index (κ3) is 1.33. The summed E-state index contributed by atoms with van der Waals surface area (Å²) in [5.74, 6) is 0.899. The van der Waals surface area contributed by atoms with Crippen molar-refractivity contribution in [2.75, 3.05) is 20.7 Å². The molecule has 2 aliphatic heterocycles. The molecule has 0 amide bonds. The Morgan fingerprint density at radius 3 is 3.00 bits per heavy atom. The molecule has 0 aromatic heterocycles. The first-order valence-electron chi connectivity index (χ1n) is 8.58. The van der Waals surface area contributed by atoms with Crippen molar-refractivity contribution in [1.82, 2.24) is 4.90 Å². The molecule has 2 heterocycles. The number of nitrogens with zero attached hydrogens (tertiary/aromatic N) is 1. The van der Waals surface area contributed by atoms with Crippen LogP contribution in [-0.4, -0.2) is 54.5 Å². The maximum absolute atomic E-state index is 10.4. The van der Waals surface area contributed by atoms with Crippen molar-refractivity contribution in [3.8, 4) is 11.5 Å². The van der Waals surface area contributed by atoms with E-state index in [4.69, 9.17) is 15.2 Å². The Hall–Kier alpha value is -1.30. The maximum Gasteiger partial charge on any atom is 0.165 e. The largest absolute Gasteiger partial charge is 0.504 e. The highest BCUT2D eigenvalue weighted by Crippen LogP contribution is 2.66. The Balaban J connectivity index is 1.86. The summed E-state index contributed by atoms with van der Waals surface area (Å²) >= 11 is 0. The molecule has 1 aromatic rings. The zero-order valence-corrected chi connectivity index (χ0v) is 13.7. The van der Waals surface area contributed by atoms with Gasteiger partial charge in [0.1, 0.15) is 6.10 Å². The number of hydrogen-bond donors (Lipinski definition) is 2. The van der Waals surface area contributed by atoms with Crippen LogP contribution < -0.4 is 10.5 Å². The van der Waals surface area contributed by atoms with Gasteiger partial charge in [0, 0.05) is 24.8 Å². The van der Waals surface area contributed by atoms with Crippen LogP contribution in [0.15, 0.2) is 12.1 Å². The standard InChI is InChI=1S/C18H24N2O3/c1-20-8-7-17-14-10-3-4-12(21)15(14)23-16(17)11(19)5-6-18(17,22-2)13(20)9-10/h3-4,11,13,16,21H,5-9,19H2,1-2H3/t11-,13+,16-,17-,18+/m0/s1. The number of hydrogen-bond acceptors (Lipinski definition) is 5. The van der Waals surface area contributed by atoms with Crippen LogP contribution in [0.1, 0.15) is 30.4 Å². The van der Waals surface area contributed by atoms with E-state index in [9.17, 15) is 5.11 Å². The average Bonchev–Trinajstić information content (AvgIpc) is 2.91. The number of rotatable bonds is 1. The number of aromatic hydroxyl groups is 1. The lowest BCUT2D eigenvalue weighted by Gasteiger charge is -2.65. The van der Waals surface area contributed by atoms with Gasteiger partial charge in [-0.25, -0.2) is 0 Å². The van der Waals surface area contributed by atoms with Crippen LogP contribution in [0.5, 0.6) is 11.5 Å². The van der Waals surface area contributed by atoms with Gasteiger partial charge in [-0.1, -0.05) is 6.07 Å². The van der Waals surface area contributed by atoms with Crippen molar-refractivity contribution in [2.45, 2.75) is 54.9 Å². The predicted octanol–water partition coefficient (Wildman–Crippen LogP) is 1.16. The highest BCUT2D eigenvalue weighted by molar-refractivity contribution is 5.62. The topological polar surface area (TPSA) is 68.0 Å². The maximum atomic E-state index is 10.4. The minimum atomic E-state index is -0.271. The molecular weight excluding hydrogens is 292 g/mol. The lowest BCUT2D eigenvalue weighted by atomic mass is 9.48. The van der Waals surface area contributed by atoms with Crippen molar-refractivity contribution in [1.29, 1.82) is 0 Å². The second-order valence-corrected chi connectivity index (χ2v) is 7.70. The second-order valence-electron chi connectivity index (χ2n) is 7.70. The van der Waals surface area contributed by atoms with E-state index in [1.165, 1.54) is 11.1 Å². The summed E-state index contributed by atoms with van der Waals surface area (Å²) in [6, 6.07) is 4.15. The van der Waals surface area contributed by atoms with Gasteiger partial charge < -0.3 is 25.2 Å². The van der Waals surface area contributed by atoms with E-state index < -0.39 is 0 Å². The van der Waals surface area contributed by atoms with Crippen molar-refractivity contribution in [3.63, 3.8) is 0 Å². The molecule has 1 saturated heterocycles. The highest BCUT2D eigenvalue weighted by atomic mass is 16.5. The lowest BCUT2D eigenvalue weighted by Crippen LogP contribution is -2.78. The molecule has 4 aliphatic rings. The molecule has 5 nitrogen and oxygen atoms in total. The summed E-state index contributed by atoms with van der Waals surface area (Å²) in [6.45, 7) is 1.01. The third-order valence-corrected chi connectivity index (χ3v) is 7.10. The number of phenolic OH excluding ortho intramolecular Hbond substituents is 1. The number of benzene rings is 1. The molecule has 1 spiro atoms. The monoisotopic (exact) mass is 316 g/mol. The predicted molar refractivity (Wildman–Crippen MR) is 85.9 cm³/mol. The van der Waals surface area contributed by atoms with E-state index in [0.29, 0.717) is 11.8 Å². The highest BCUT2D eigenvalue weighted by Gasteiger charge is 2.73. The fourth-order valence-corrected chi connectivity index (χ4v) is 6.18. The van der Waals surface area contributed by atoms with Crippen molar-refractivity contribution in [2.24, 2.45) is 5.73 Å². The first-order valence-corrected chi connectivity index (χ1v) is 8.58. The Kier molecular flexibility index (Phi) is 2.57. The molecule has 5 heteroatoms. The number of likely N-dealkylation sites (N-methyl/N-ethyl adjacent to an activating group) is 1. The van der Waals surface area contributed by atoms with Gasteiger partial charge in [-0.3, -0.25) is 0 Å². The molecule has 0 radical (unpaired) electrons. The van der Waals surface area contributed by atoms with Crippen LogP contribution in [0, 0.1) is 0 Å². The SMILES string of the molecule is CO[C@@]12CC[C@H](N)[C@@H]3Oc4c(O)ccc5c4[C@@]31CCN(C)[C@@H]2C5. The Morgan fingerprint density at radius 2 is 2.22 bits per heavy atom. The summed E-state index contributed by atoms with van der Waals surface area (Å²) in [4.78, 5) is 2.44. The molecular formula is C18H24N2O3. The zero-order valence-electron chi connectivity index (χ0n) is 13.7. The number of phenols is 1. The van der Waals surface area contributed by atoms with Crippen molar-refractivity contribution >= 4 is 0 Å². The first-order chi connectivity index (χ1) is 11.0. The summed E-state index contributed by atoms with van der Waals surface area (Å²) in [6.07, 6.45) is 3.66. The molecule has 1 aromatic carbocycles. The molecule has 0 unspecified atom stereocenters. The van der Waals surface area contributed by atoms with E-state index in [1.807, 2.05) is 7.11 Å². The minimum Gasteiger partial charge on any atom is -0.504 e. The van der Waals surface area contributed by atoms with Crippen LogP contribution >= 0.6 is 0 Å². The van der Waals surface area contributed by atoms with Gasteiger partial charge in [0.2, 0.25) is 0 Å². The summed E-state index contributed by atoms with van der Waals surface area (Å²) in [5, 5.41) is 10.4. The smallest absolute Gasteiger partial charge is 0.165 e. The van der Waals surface area contributed by atoms with Gasteiger partial charge in [-0.15, -0.1) is 0 Å². The first kappa shape index (κ1) is 14.1. The second kappa shape index (κ2) is 4.21. The average molecular weight is 316 g/mol. The van der Waals surface area contributed by atoms with Gasteiger partial charge in [-0.2, -0.15) is 0 Å². The number of nitrogens with two attached hydrogens (primary N) is 1. The third-order valence-electron chi connectivity index (χ3n) is 7.10. The quantitative estimate of drug-likeness (QED) is 0.814. The molecule has 1 saturated carbocycles. The molecule has 2 aliphatic carbocycles. The Bertz CT molecular complexity index is 693. The fraction of sp³-hybridized carbons (Fsp3) is 0.667. The number of likely N-dealkylation sites (tertiary alicyclic amines) is 1. The van der Waals surface area contributed by atoms with Crippen molar-refractivity contribution < 1.29 is 14.6 Å². The normalized spacial score (nSPS) is 43.9. The number of ether oxygens (including phenoxy) is 2. The molecule has 23 heavy (non-hydrogen) atoms. The molecule has 2 bridgehead atoms. The van der Waals surface area contributed by atoms with E-state index in [0.717, 1.165) is 32.2 Å². The Morgan fingerprint density at radius 1 is 1.39 bits per heavy atom. The van der Waals surface area contributed by atoms with Crippen molar-refractivity contribution in [3.05, 3.63) is 23.3 Å². The summed E-state index contributed by atoms with van der Waals surface area (Å²) in [5.41, 5.74) is 8.47. The van der Waals surface area contributed by atoms with Gasteiger partial charge in [-0.05, 0) is 50.9 Å². The van der Waals surface area contributed by atoms with Crippen LogP contribution in [0.4, 0.5) is 0 Å². The fourth-order valence-electron chi connectivity index (χ4n) is 6.18. The number of piperidine rings is 1. The van der Waals surface area contributed by atoms with Crippen LogP contribution in [0.3, 0.4) is 0 Å². The molecule has 2 fully saturated rings. The van der Waals surface area contributed by atoms with E-state index >= 15 is 0 Å². The number of methoxy groups -OCH3 is 1. The van der Waals surface area contributed by atoms with E-state index in [-0.39, 0.29) is 28.9 Å². The molecule has 124 valence electrons. The van der Waals surface area contributed by atoms with Gasteiger partial charge in [0.05, 0.1) is 11.0 Å². The molecule has 5 atom stereocenters. The van der Waals surface area contributed by atoms with Gasteiger partial charge in [0.15, 0.2) is 11.5 Å². The lowest BCUT2D eigenvalue weighted by molar-refractivity contribution is -0.201. The van der Waals surface area contributed by atoms with Gasteiger partial charge in [0.25, 0.3) is 0 Å². The van der Waals surface area contributed by atoms with Gasteiger partial charge >= 0.3 is 0 Å². The zero-order chi connectivity index (χ0) is 16.0. The van der Waals surface area contributed by atoms with E-state index in [1.54, 1.807) is 6.07 Å². The summed E-state index contributed by atoms with van der Waals surface area (Å²) < 4.78 is 12.6. The molecule has 5 rings (SSSR count). The molecule has 3 N–H and O–H groups in total. The van der Waals surface area contributed by atoms with E-state index in [2.05, 4.69) is 18.0 Å². The minimum absolute atomic E-state index is 0.0138. The summed E-state index contributed by atoms with van der Waals surface area (Å²) in [7, 11) is 4.04.